The first-order valence-electron chi connectivity index (χ1n) is 8.40. The van der Waals surface area contributed by atoms with Crippen molar-refractivity contribution >= 4 is 5.91 Å². The summed E-state index contributed by atoms with van der Waals surface area (Å²) in [6, 6.07) is 5.63. The van der Waals surface area contributed by atoms with Gasteiger partial charge in [-0.25, -0.2) is 9.07 Å². The van der Waals surface area contributed by atoms with Crippen LogP contribution in [0.15, 0.2) is 30.5 Å². The van der Waals surface area contributed by atoms with E-state index in [1.807, 2.05) is 0 Å². The summed E-state index contributed by atoms with van der Waals surface area (Å²) < 4.78 is 15.1. The zero-order valence-corrected chi connectivity index (χ0v) is 14.3. The van der Waals surface area contributed by atoms with Gasteiger partial charge < -0.3 is 4.90 Å². The maximum atomic E-state index is 13.6. The van der Waals surface area contributed by atoms with Gasteiger partial charge in [-0.15, -0.1) is 5.10 Å². The molecule has 4 rings (SSSR count). The Morgan fingerprint density at radius 3 is 3.08 bits per heavy atom. The molecular weight excluding hydrogens is 337 g/mol. The van der Waals surface area contributed by atoms with E-state index in [0.29, 0.717) is 25.3 Å². The van der Waals surface area contributed by atoms with Crippen LogP contribution in [0.3, 0.4) is 0 Å². The molecule has 1 aromatic carbocycles. The van der Waals surface area contributed by atoms with Gasteiger partial charge in [0.15, 0.2) is 0 Å². The molecule has 0 fully saturated rings. The number of carbonyl (C=O) groups is 1. The van der Waals surface area contributed by atoms with Gasteiger partial charge in [0.25, 0.3) is 0 Å². The molecule has 0 aliphatic carbocycles. The Bertz CT molecular complexity index is 935. The lowest BCUT2D eigenvalue weighted by molar-refractivity contribution is -0.136. The van der Waals surface area contributed by atoms with Crippen LogP contribution in [0.25, 0.3) is 0 Å². The van der Waals surface area contributed by atoms with Gasteiger partial charge in [-0.05, 0) is 35.0 Å². The number of aromatic amines is 1. The predicted octanol–water partition coefficient (Wildman–Crippen LogP) is 1.21. The van der Waals surface area contributed by atoms with Gasteiger partial charge in [0.05, 0.1) is 6.20 Å². The molecule has 3 heterocycles. The third kappa shape index (κ3) is 3.07. The van der Waals surface area contributed by atoms with Crippen molar-refractivity contribution in [2.75, 3.05) is 6.54 Å². The molecule has 8 nitrogen and oxygen atoms in total. The zero-order valence-electron chi connectivity index (χ0n) is 14.3. The third-order valence-electron chi connectivity index (χ3n) is 4.67. The summed E-state index contributed by atoms with van der Waals surface area (Å²) in [5.41, 5.74) is 2.80. The minimum absolute atomic E-state index is 0.0866. The summed E-state index contributed by atoms with van der Waals surface area (Å²) in [5, 5.41) is 18.5. The fourth-order valence-corrected chi connectivity index (χ4v) is 3.31. The summed E-state index contributed by atoms with van der Waals surface area (Å²) in [7, 11) is 0. The fourth-order valence-electron chi connectivity index (χ4n) is 3.31. The highest BCUT2D eigenvalue weighted by atomic mass is 19.1. The maximum Gasteiger partial charge on any atom is 0.248 e. The standard InChI is InChI=1S/C17H18FN7O/c1-11-20-22-23-25(11)16(8-12-3-2-4-14(18)7-12)17(26)24-6-5-15-13(10-24)9-19-21-15/h2-4,7,9,16H,5-6,8,10H2,1H3,(H,19,21). The summed E-state index contributed by atoms with van der Waals surface area (Å²) in [6.45, 7) is 2.83. The van der Waals surface area contributed by atoms with Gasteiger partial charge in [0.1, 0.15) is 17.7 Å². The van der Waals surface area contributed by atoms with E-state index in [1.165, 1.54) is 16.8 Å². The molecule has 0 radical (unpaired) electrons. The van der Waals surface area contributed by atoms with Crippen molar-refractivity contribution in [2.24, 2.45) is 0 Å². The molecule has 1 unspecified atom stereocenters. The Morgan fingerprint density at radius 1 is 1.42 bits per heavy atom. The van der Waals surface area contributed by atoms with Crippen LogP contribution in [0, 0.1) is 12.7 Å². The van der Waals surface area contributed by atoms with E-state index in [2.05, 4.69) is 25.7 Å². The van der Waals surface area contributed by atoms with Crippen molar-refractivity contribution in [3.8, 4) is 0 Å². The molecule has 2 aromatic heterocycles. The molecule has 1 atom stereocenters. The fraction of sp³-hybridized carbons (Fsp3) is 0.353. The van der Waals surface area contributed by atoms with Crippen LogP contribution in [-0.2, 0) is 24.2 Å². The number of tetrazole rings is 1. The molecule has 0 spiro atoms. The minimum Gasteiger partial charge on any atom is -0.336 e. The van der Waals surface area contributed by atoms with Crippen molar-refractivity contribution in [3.05, 3.63) is 58.9 Å². The molecular formula is C17H18FN7O. The summed E-state index contributed by atoms with van der Waals surface area (Å²) in [5.74, 6) is 0.125. The van der Waals surface area contributed by atoms with Crippen LogP contribution in [0.4, 0.5) is 4.39 Å². The van der Waals surface area contributed by atoms with Gasteiger partial charge in [0.2, 0.25) is 5.91 Å². The first-order chi connectivity index (χ1) is 12.6. The van der Waals surface area contributed by atoms with Crippen LogP contribution in [0.5, 0.6) is 0 Å². The average Bonchev–Trinajstić information content (AvgIpc) is 3.27. The number of benzene rings is 1. The molecule has 0 bridgehead atoms. The van der Waals surface area contributed by atoms with E-state index in [0.717, 1.165) is 23.2 Å². The number of hydrogen-bond acceptors (Lipinski definition) is 5. The number of aromatic nitrogens is 6. The Labute approximate surface area is 149 Å². The lowest BCUT2D eigenvalue weighted by atomic mass is 10.0. The number of aryl methyl sites for hydroxylation is 1. The number of amides is 1. The van der Waals surface area contributed by atoms with Crippen molar-refractivity contribution in [3.63, 3.8) is 0 Å². The van der Waals surface area contributed by atoms with Crippen LogP contribution < -0.4 is 0 Å². The second-order valence-electron chi connectivity index (χ2n) is 6.40. The van der Waals surface area contributed by atoms with Gasteiger partial charge in [-0.2, -0.15) is 5.10 Å². The Balaban J connectivity index is 1.62. The number of H-pyrrole nitrogens is 1. The van der Waals surface area contributed by atoms with Gasteiger partial charge in [-0.1, -0.05) is 12.1 Å². The van der Waals surface area contributed by atoms with E-state index in [-0.39, 0.29) is 11.7 Å². The monoisotopic (exact) mass is 355 g/mol. The Hall–Kier alpha value is -3.10. The van der Waals surface area contributed by atoms with Crippen LogP contribution in [0.2, 0.25) is 0 Å². The highest BCUT2D eigenvalue weighted by Crippen LogP contribution is 2.23. The highest BCUT2D eigenvalue weighted by Gasteiger charge is 2.31. The van der Waals surface area contributed by atoms with Crippen molar-refractivity contribution < 1.29 is 9.18 Å². The topological polar surface area (TPSA) is 92.6 Å². The second-order valence-corrected chi connectivity index (χ2v) is 6.40. The number of carbonyl (C=O) groups excluding carboxylic acids is 1. The van der Waals surface area contributed by atoms with Gasteiger partial charge in [0, 0.05) is 37.2 Å². The first kappa shape index (κ1) is 16.4. The maximum absolute atomic E-state index is 13.6. The van der Waals surface area contributed by atoms with Gasteiger partial charge >= 0.3 is 0 Å². The van der Waals surface area contributed by atoms with Crippen molar-refractivity contribution in [1.82, 2.24) is 35.3 Å². The molecule has 1 N–H and O–H groups in total. The third-order valence-corrected chi connectivity index (χ3v) is 4.67. The van der Waals surface area contributed by atoms with Crippen LogP contribution in [0.1, 0.15) is 28.7 Å². The Morgan fingerprint density at radius 2 is 2.31 bits per heavy atom. The number of fused-ring (bicyclic) bond motifs is 1. The van der Waals surface area contributed by atoms with Crippen LogP contribution >= 0.6 is 0 Å². The first-order valence-corrected chi connectivity index (χ1v) is 8.40. The number of nitrogens with zero attached hydrogens (tertiary/aromatic N) is 6. The lowest BCUT2D eigenvalue weighted by Gasteiger charge is -2.30. The molecule has 0 saturated carbocycles. The predicted molar refractivity (Wildman–Crippen MR) is 89.4 cm³/mol. The number of nitrogens with one attached hydrogen (secondary N) is 1. The number of halogens is 1. The normalized spacial score (nSPS) is 14.9. The van der Waals surface area contributed by atoms with E-state index in [9.17, 15) is 9.18 Å². The molecule has 1 aliphatic rings. The SMILES string of the molecule is Cc1nnnn1C(Cc1cccc(F)c1)C(=O)N1CCc2[nH]ncc2C1. The molecule has 3 aromatic rings. The lowest BCUT2D eigenvalue weighted by Crippen LogP contribution is -2.41. The highest BCUT2D eigenvalue weighted by molar-refractivity contribution is 5.81. The quantitative estimate of drug-likeness (QED) is 0.759. The van der Waals surface area contributed by atoms with E-state index in [1.54, 1.807) is 30.2 Å². The molecule has 0 saturated heterocycles. The van der Waals surface area contributed by atoms with E-state index >= 15 is 0 Å². The summed E-state index contributed by atoms with van der Waals surface area (Å²) in [4.78, 5) is 15.0. The summed E-state index contributed by atoms with van der Waals surface area (Å²) >= 11 is 0. The van der Waals surface area contributed by atoms with Crippen LogP contribution in [-0.4, -0.2) is 47.8 Å². The van der Waals surface area contributed by atoms with Crippen molar-refractivity contribution in [2.45, 2.75) is 32.4 Å². The van der Waals surface area contributed by atoms with Crippen molar-refractivity contribution in [1.29, 1.82) is 0 Å². The molecule has 26 heavy (non-hydrogen) atoms. The molecule has 134 valence electrons. The summed E-state index contributed by atoms with van der Waals surface area (Å²) in [6.07, 6.45) is 2.79. The molecule has 9 heteroatoms. The number of rotatable bonds is 4. The molecule has 1 aliphatic heterocycles. The number of hydrogen-bond donors (Lipinski definition) is 1. The van der Waals surface area contributed by atoms with Gasteiger partial charge in [-0.3, -0.25) is 9.89 Å². The average molecular weight is 355 g/mol. The Kier molecular flexibility index (Phi) is 4.19. The zero-order chi connectivity index (χ0) is 18.1. The largest absolute Gasteiger partial charge is 0.336 e. The smallest absolute Gasteiger partial charge is 0.248 e. The van der Waals surface area contributed by atoms with E-state index < -0.39 is 6.04 Å². The second kappa shape index (κ2) is 6.66. The minimum atomic E-state index is -0.625. The molecule has 1 amide bonds. The van der Waals surface area contributed by atoms with E-state index in [4.69, 9.17) is 0 Å².